The Bertz CT molecular complexity index is 1540. The van der Waals surface area contributed by atoms with Crippen molar-refractivity contribution >= 4 is 23.6 Å². The molecule has 6 nitrogen and oxygen atoms in total. The number of ketones is 1. The van der Waals surface area contributed by atoms with E-state index in [-0.39, 0.29) is 16.4 Å². The molecule has 0 aliphatic heterocycles. The van der Waals surface area contributed by atoms with Crippen LogP contribution in [0.25, 0.3) is 17.2 Å². The molecule has 0 aliphatic rings. The smallest absolute Gasteiger partial charge is 0.280 e. The molecule has 0 spiro atoms. The predicted molar refractivity (Wildman–Crippen MR) is 143 cm³/mol. The maximum atomic E-state index is 13.7. The van der Waals surface area contributed by atoms with E-state index in [2.05, 4.69) is 16.2 Å². The van der Waals surface area contributed by atoms with Crippen LogP contribution in [0.4, 0.5) is 8.78 Å². The molecule has 0 N–H and O–H groups in total. The van der Waals surface area contributed by atoms with Gasteiger partial charge in [-0.05, 0) is 42.3 Å². The lowest BCUT2D eigenvalue weighted by molar-refractivity contribution is 0.104. The predicted octanol–water partition coefficient (Wildman–Crippen LogP) is 6.80. The van der Waals surface area contributed by atoms with E-state index < -0.39 is 12.1 Å². The van der Waals surface area contributed by atoms with Crippen molar-refractivity contribution in [2.75, 3.05) is 7.11 Å². The molecule has 0 saturated carbocycles. The number of aryl methyl sites for hydroxylation is 1. The first-order valence-corrected chi connectivity index (χ1v) is 12.6. The number of aromatic nitrogens is 3. The number of hydrogen-bond donors (Lipinski definition) is 0. The molecule has 2 aromatic heterocycles. The summed E-state index contributed by atoms with van der Waals surface area (Å²) in [4.78, 5) is 16.7. The highest BCUT2D eigenvalue weighted by atomic mass is 32.2. The van der Waals surface area contributed by atoms with E-state index in [9.17, 15) is 18.8 Å². The molecule has 4 rings (SSSR count). The van der Waals surface area contributed by atoms with Gasteiger partial charge in [-0.3, -0.25) is 9.48 Å². The van der Waals surface area contributed by atoms with Crippen LogP contribution in [0.15, 0.2) is 71.9 Å². The summed E-state index contributed by atoms with van der Waals surface area (Å²) in [5, 5.41) is 14.2. The molecule has 38 heavy (non-hydrogen) atoms. The van der Waals surface area contributed by atoms with Gasteiger partial charge < -0.3 is 4.74 Å². The number of rotatable bonds is 9. The van der Waals surface area contributed by atoms with E-state index >= 15 is 0 Å². The van der Waals surface area contributed by atoms with Crippen LogP contribution >= 0.6 is 11.8 Å². The van der Waals surface area contributed by atoms with Crippen LogP contribution in [0, 0.1) is 18.3 Å². The Hall–Kier alpha value is -4.29. The maximum Gasteiger partial charge on any atom is 0.280 e. The van der Waals surface area contributed by atoms with E-state index in [0.29, 0.717) is 28.2 Å². The number of halogens is 2. The highest BCUT2D eigenvalue weighted by Gasteiger charge is 2.20. The first kappa shape index (κ1) is 26.8. The zero-order valence-electron chi connectivity index (χ0n) is 21.0. The Kier molecular flexibility index (Phi) is 8.34. The molecule has 0 radical (unpaired) electrons. The van der Waals surface area contributed by atoms with Crippen molar-refractivity contribution < 1.29 is 18.3 Å². The van der Waals surface area contributed by atoms with E-state index in [1.165, 1.54) is 37.2 Å². The van der Waals surface area contributed by atoms with E-state index in [4.69, 9.17) is 4.74 Å². The minimum atomic E-state index is -2.78. The molecule has 2 heterocycles. The molecule has 4 aromatic rings. The highest BCUT2D eigenvalue weighted by Crippen LogP contribution is 2.36. The Morgan fingerprint density at radius 3 is 2.61 bits per heavy atom. The van der Waals surface area contributed by atoms with Gasteiger partial charge in [0.2, 0.25) is 0 Å². The highest BCUT2D eigenvalue weighted by molar-refractivity contribution is 7.98. The fourth-order valence-corrected chi connectivity index (χ4v) is 4.86. The van der Waals surface area contributed by atoms with Gasteiger partial charge in [-0.2, -0.15) is 10.4 Å². The van der Waals surface area contributed by atoms with Gasteiger partial charge in [0.15, 0.2) is 5.78 Å². The molecular weight excluding hydrogens is 506 g/mol. The molecule has 0 fully saturated rings. The zero-order chi connectivity index (χ0) is 27.2. The first-order valence-electron chi connectivity index (χ1n) is 11.6. The van der Waals surface area contributed by atoms with E-state index in [1.54, 1.807) is 48.1 Å². The second-order valence-corrected chi connectivity index (χ2v) is 9.34. The van der Waals surface area contributed by atoms with Crippen LogP contribution in [0.2, 0.25) is 0 Å². The van der Waals surface area contributed by atoms with Crippen molar-refractivity contribution in [3.05, 3.63) is 101 Å². The maximum absolute atomic E-state index is 13.7. The average Bonchev–Trinajstić information content (AvgIpc) is 3.28. The van der Waals surface area contributed by atoms with Gasteiger partial charge in [0, 0.05) is 29.6 Å². The van der Waals surface area contributed by atoms with Crippen LogP contribution in [-0.2, 0) is 12.8 Å². The SMILES string of the molecule is COc1ccc(/C=C/C(=O)c2cnn(C)c2C)cc1CSc1nc(C(F)F)cc(-c2ccccc2)c1C#N. The number of thioether (sulfide) groups is 1. The van der Waals surface area contributed by atoms with Gasteiger partial charge in [0.05, 0.1) is 24.4 Å². The van der Waals surface area contributed by atoms with Crippen LogP contribution in [-0.4, -0.2) is 27.7 Å². The van der Waals surface area contributed by atoms with Crippen LogP contribution < -0.4 is 4.74 Å². The van der Waals surface area contributed by atoms with Crippen molar-refractivity contribution in [3.8, 4) is 22.9 Å². The summed E-state index contributed by atoms with van der Waals surface area (Å²) in [5.74, 6) is 0.738. The molecule has 2 aromatic carbocycles. The molecule has 0 unspecified atom stereocenters. The number of allylic oxidation sites excluding steroid dienone is 1. The number of ether oxygens (including phenoxy) is 1. The second-order valence-electron chi connectivity index (χ2n) is 8.38. The third kappa shape index (κ3) is 5.82. The Morgan fingerprint density at radius 2 is 1.97 bits per heavy atom. The Labute approximate surface area is 223 Å². The number of hydrogen-bond acceptors (Lipinski definition) is 6. The molecule has 0 atom stereocenters. The second kappa shape index (κ2) is 11.8. The number of nitriles is 1. The normalized spacial score (nSPS) is 11.2. The van der Waals surface area contributed by atoms with Gasteiger partial charge in [-0.25, -0.2) is 13.8 Å². The van der Waals surface area contributed by atoms with Crippen molar-refractivity contribution in [3.63, 3.8) is 0 Å². The molecule has 0 saturated heterocycles. The number of alkyl halides is 2. The monoisotopic (exact) mass is 530 g/mol. The Morgan fingerprint density at radius 1 is 1.21 bits per heavy atom. The number of carbonyl (C=O) groups excluding carboxylic acids is 1. The van der Waals surface area contributed by atoms with Crippen LogP contribution in [0.3, 0.4) is 0 Å². The molecule has 192 valence electrons. The molecular formula is C29H24F2N4O2S. The number of nitrogens with zero attached hydrogens (tertiary/aromatic N) is 4. The van der Waals surface area contributed by atoms with Gasteiger partial charge in [-0.15, -0.1) is 11.8 Å². The topological polar surface area (TPSA) is 80.8 Å². The quantitative estimate of drug-likeness (QED) is 0.135. The summed E-state index contributed by atoms with van der Waals surface area (Å²) in [7, 11) is 3.31. The summed E-state index contributed by atoms with van der Waals surface area (Å²) in [6, 6.07) is 17.8. The first-order chi connectivity index (χ1) is 18.3. The summed E-state index contributed by atoms with van der Waals surface area (Å²) in [5.41, 5.74) is 3.73. The summed E-state index contributed by atoms with van der Waals surface area (Å²) >= 11 is 1.18. The average molecular weight is 531 g/mol. The number of pyridine rings is 1. The number of benzene rings is 2. The molecule has 0 amide bonds. The minimum Gasteiger partial charge on any atom is -0.496 e. The fourth-order valence-electron chi connectivity index (χ4n) is 3.87. The largest absolute Gasteiger partial charge is 0.496 e. The zero-order valence-corrected chi connectivity index (χ0v) is 21.8. The van der Waals surface area contributed by atoms with E-state index in [0.717, 1.165) is 16.8 Å². The van der Waals surface area contributed by atoms with Crippen LogP contribution in [0.5, 0.6) is 5.75 Å². The van der Waals surface area contributed by atoms with Crippen molar-refractivity contribution in [2.24, 2.45) is 7.05 Å². The lowest BCUT2D eigenvalue weighted by atomic mass is 10.0. The third-order valence-corrected chi connectivity index (χ3v) is 7.05. The molecule has 0 bridgehead atoms. The molecule has 0 aliphatic carbocycles. The standard InChI is InChI=1S/C29H24F2N4O2S/c1-18-24(16-33-35(18)2)26(36)11-9-19-10-12-27(37-3)21(13-19)17-38-29-23(15-32)22(14-25(34-29)28(30)31)20-7-5-4-6-8-20/h4-14,16,28H,17H2,1-3H3/b11-9+. The Balaban J connectivity index is 1.63. The van der Waals surface area contributed by atoms with Crippen molar-refractivity contribution in [1.29, 1.82) is 5.26 Å². The summed E-state index contributed by atoms with van der Waals surface area (Å²) < 4.78 is 34.5. The van der Waals surface area contributed by atoms with Gasteiger partial charge >= 0.3 is 0 Å². The van der Waals surface area contributed by atoms with Crippen LogP contribution in [0.1, 0.15) is 44.9 Å². The number of carbonyl (C=O) groups is 1. The summed E-state index contributed by atoms with van der Waals surface area (Å²) in [6.07, 6.45) is 1.94. The van der Waals surface area contributed by atoms with Crippen molar-refractivity contribution in [1.82, 2.24) is 14.8 Å². The minimum absolute atomic E-state index is 0.164. The van der Waals surface area contributed by atoms with Gasteiger partial charge in [-0.1, -0.05) is 42.5 Å². The fraction of sp³-hybridized carbons (Fsp3) is 0.172. The van der Waals surface area contributed by atoms with Gasteiger partial charge in [0.1, 0.15) is 22.5 Å². The van der Waals surface area contributed by atoms with E-state index in [1.807, 2.05) is 25.1 Å². The van der Waals surface area contributed by atoms with Gasteiger partial charge in [0.25, 0.3) is 6.43 Å². The number of methoxy groups -OCH3 is 1. The third-order valence-electron chi connectivity index (χ3n) is 6.02. The summed E-state index contributed by atoms with van der Waals surface area (Å²) in [6.45, 7) is 1.83. The lowest BCUT2D eigenvalue weighted by Gasteiger charge is -2.13. The van der Waals surface area contributed by atoms with Crippen molar-refractivity contribution in [2.45, 2.75) is 24.1 Å². The lowest BCUT2D eigenvalue weighted by Crippen LogP contribution is -2.00. The molecule has 9 heteroatoms.